The van der Waals surface area contributed by atoms with Gasteiger partial charge in [-0.25, -0.2) is 4.79 Å². The number of carboxylic acid groups (broad SMARTS) is 1. The van der Waals surface area contributed by atoms with E-state index in [1.807, 2.05) is 56.3 Å². The summed E-state index contributed by atoms with van der Waals surface area (Å²) in [6.45, 7) is 5.63. The molecular formula is C26H23NO4. The van der Waals surface area contributed by atoms with Crippen LogP contribution in [0, 0.1) is 13.8 Å². The van der Waals surface area contributed by atoms with Crippen molar-refractivity contribution in [3.63, 3.8) is 0 Å². The fourth-order valence-corrected chi connectivity index (χ4v) is 3.86. The molecule has 1 atom stereocenters. The third-order valence-corrected chi connectivity index (χ3v) is 5.42. The molecule has 1 unspecified atom stereocenters. The zero-order valence-electron chi connectivity index (χ0n) is 17.6. The summed E-state index contributed by atoms with van der Waals surface area (Å²) in [7, 11) is 0. The Kier molecular flexibility index (Phi) is 5.34. The van der Waals surface area contributed by atoms with Gasteiger partial charge in [0.15, 0.2) is 5.43 Å². The van der Waals surface area contributed by atoms with E-state index in [4.69, 9.17) is 4.42 Å². The summed E-state index contributed by atoms with van der Waals surface area (Å²) < 4.78 is 6.33. The molecule has 0 amide bonds. The van der Waals surface area contributed by atoms with Crippen LogP contribution in [-0.2, 0) is 0 Å². The van der Waals surface area contributed by atoms with E-state index in [1.54, 1.807) is 31.2 Å². The number of rotatable bonds is 5. The maximum Gasteiger partial charge on any atom is 0.337 e. The van der Waals surface area contributed by atoms with Crippen molar-refractivity contribution in [2.75, 3.05) is 5.32 Å². The Bertz CT molecular complexity index is 1340. The Hall–Kier alpha value is -3.86. The second-order valence-electron chi connectivity index (χ2n) is 7.70. The van der Waals surface area contributed by atoms with Crippen LogP contribution >= 0.6 is 0 Å². The number of hydrogen-bond acceptors (Lipinski definition) is 4. The average Bonchev–Trinajstić information content (AvgIpc) is 2.77. The molecule has 31 heavy (non-hydrogen) atoms. The summed E-state index contributed by atoms with van der Waals surface area (Å²) in [5.41, 5.74) is 4.26. The molecule has 0 spiro atoms. The summed E-state index contributed by atoms with van der Waals surface area (Å²) in [6.07, 6.45) is 0. The Morgan fingerprint density at radius 1 is 1.00 bits per heavy atom. The molecule has 0 fully saturated rings. The molecule has 0 aliphatic heterocycles. The maximum atomic E-state index is 13.2. The van der Waals surface area contributed by atoms with Crippen LogP contribution in [0.1, 0.15) is 40.0 Å². The molecule has 0 saturated heterocycles. The first-order valence-corrected chi connectivity index (χ1v) is 10.1. The number of aryl methyl sites for hydroxylation is 1. The van der Waals surface area contributed by atoms with Crippen molar-refractivity contribution in [3.05, 3.63) is 99.2 Å². The van der Waals surface area contributed by atoms with Crippen molar-refractivity contribution in [2.45, 2.75) is 26.8 Å². The number of para-hydroxylation sites is 1. The highest BCUT2D eigenvalue weighted by atomic mass is 16.4. The molecule has 0 saturated carbocycles. The minimum atomic E-state index is -1.00. The summed E-state index contributed by atoms with van der Waals surface area (Å²) in [5.74, 6) is -0.459. The van der Waals surface area contributed by atoms with Gasteiger partial charge in [0.25, 0.3) is 0 Å². The molecule has 5 heteroatoms. The van der Waals surface area contributed by atoms with E-state index in [-0.39, 0.29) is 17.0 Å². The van der Waals surface area contributed by atoms with Gasteiger partial charge in [-0.1, -0.05) is 48.5 Å². The third kappa shape index (κ3) is 3.82. The maximum absolute atomic E-state index is 13.2. The van der Waals surface area contributed by atoms with E-state index in [0.717, 1.165) is 16.7 Å². The van der Waals surface area contributed by atoms with Crippen LogP contribution in [0.15, 0.2) is 75.9 Å². The average molecular weight is 413 g/mol. The molecule has 0 radical (unpaired) electrons. The molecule has 4 aromatic rings. The first-order chi connectivity index (χ1) is 14.9. The van der Waals surface area contributed by atoms with Crippen molar-refractivity contribution in [1.82, 2.24) is 0 Å². The molecule has 0 bridgehead atoms. The van der Waals surface area contributed by atoms with Crippen molar-refractivity contribution in [2.24, 2.45) is 0 Å². The lowest BCUT2D eigenvalue weighted by atomic mass is 9.98. The Labute approximate surface area is 180 Å². The van der Waals surface area contributed by atoms with E-state index in [0.29, 0.717) is 28.0 Å². The molecule has 1 aromatic heterocycles. The number of carboxylic acids is 1. The topological polar surface area (TPSA) is 79.5 Å². The molecule has 4 rings (SSSR count). The predicted octanol–water partition coefficient (Wildman–Crippen LogP) is 5.95. The van der Waals surface area contributed by atoms with E-state index < -0.39 is 5.97 Å². The molecule has 5 nitrogen and oxygen atoms in total. The zero-order chi connectivity index (χ0) is 22.1. The predicted molar refractivity (Wildman–Crippen MR) is 123 cm³/mol. The van der Waals surface area contributed by atoms with Gasteiger partial charge in [0.1, 0.15) is 11.3 Å². The number of aromatic carboxylic acids is 1. The van der Waals surface area contributed by atoms with E-state index >= 15 is 0 Å². The molecule has 0 aliphatic carbocycles. The van der Waals surface area contributed by atoms with Gasteiger partial charge >= 0.3 is 5.97 Å². The van der Waals surface area contributed by atoms with Gasteiger partial charge in [-0.2, -0.15) is 0 Å². The van der Waals surface area contributed by atoms with E-state index in [2.05, 4.69) is 5.32 Å². The first kappa shape index (κ1) is 20.4. The first-order valence-electron chi connectivity index (χ1n) is 10.1. The Morgan fingerprint density at radius 3 is 2.39 bits per heavy atom. The lowest BCUT2D eigenvalue weighted by Gasteiger charge is -2.20. The molecular weight excluding hydrogens is 390 g/mol. The van der Waals surface area contributed by atoms with E-state index in [9.17, 15) is 14.7 Å². The van der Waals surface area contributed by atoms with Gasteiger partial charge in [-0.05, 0) is 44.5 Å². The third-order valence-electron chi connectivity index (χ3n) is 5.42. The molecule has 156 valence electrons. The second kappa shape index (κ2) is 8.11. The van der Waals surface area contributed by atoms with Crippen LogP contribution in [0.2, 0.25) is 0 Å². The van der Waals surface area contributed by atoms with Crippen molar-refractivity contribution >= 4 is 22.6 Å². The standard InChI is InChI=1S/C26H23NO4/c1-15-13-20(17(3)27-22-12-8-7-11-19(22)26(29)30)25-21(14-15)23(28)16(2)24(31-25)18-9-5-4-6-10-18/h4-14,17,27H,1-3H3,(H,29,30). The number of carbonyl (C=O) groups is 1. The fraction of sp³-hybridized carbons (Fsp3) is 0.154. The quantitative estimate of drug-likeness (QED) is 0.423. The Balaban J connectivity index is 1.89. The lowest BCUT2D eigenvalue weighted by molar-refractivity contribution is 0.0698. The number of anilines is 1. The van der Waals surface area contributed by atoms with Gasteiger partial charge in [-0.15, -0.1) is 0 Å². The highest BCUT2D eigenvalue weighted by molar-refractivity contribution is 5.94. The Morgan fingerprint density at radius 2 is 1.68 bits per heavy atom. The second-order valence-corrected chi connectivity index (χ2v) is 7.70. The normalized spacial score (nSPS) is 12.0. The fourth-order valence-electron chi connectivity index (χ4n) is 3.86. The van der Waals surface area contributed by atoms with Gasteiger partial charge in [-0.3, -0.25) is 4.79 Å². The van der Waals surface area contributed by atoms with Crippen molar-refractivity contribution in [1.29, 1.82) is 0 Å². The lowest BCUT2D eigenvalue weighted by Crippen LogP contribution is -2.14. The highest BCUT2D eigenvalue weighted by Crippen LogP contribution is 2.32. The van der Waals surface area contributed by atoms with Crippen LogP contribution in [0.3, 0.4) is 0 Å². The molecule has 3 aromatic carbocycles. The van der Waals surface area contributed by atoms with Crippen molar-refractivity contribution in [3.8, 4) is 11.3 Å². The van der Waals surface area contributed by atoms with Crippen molar-refractivity contribution < 1.29 is 14.3 Å². The van der Waals surface area contributed by atoms with Crippen LogP contribution in [0.4, 0.5) is 5.69 Å². The number of hydrogen-bond donors (Lipinski definition) is 2. The minimum Gasteiger partial charge on any atom is -0.478 e. The smallest absolute Gasteiger partial charge is 0.337 e. The van der Waals surface area contributed by atoms with Crippen LogP contribution < -0.4 is 10.7 Å². The molecule has 1 heterocycles. The zero-order valence-corrected chi connectivity index (χ0v) is 17.6. The molecule has 0 aliphatic rings. The van der Waals surface area contributed by atoms with Gasteiger partial charge in [0.2, 0.25) is 0 Å². The summed E-state index contributed by atoms with van der Waals surface area (Å²) in [6, 6.07) is 19.8. The van der Waals surface area contributed by atoms with Gasteiger partial charge in [0.05, 0.1) is 17.0 Å². The van der Waals surface area contributed by atoms with Crippen LogP contribution in [0.25, 0.3) is 22.3 Å². The van der Waals surface area contributed by atoms with Gasteiger partial charge in [0, 0.05) is 22.4 Å². The number of benzene rings is 3. The number of fused-ring (bicyclic) bond motifs is 1. The summed E-state index contributed by atoms with van der Waals surface area (Å²) in [5, 5.41) is 13.3. The van der Waals surface area contributed by atoms with Crippen LogP contribution in [-0.4, -0.2) is 11.1 Å². The van der Waals surface area contributed by atoms with E-state index in [1.165, 1.54) is 0 Å². The van der Waals surface area contributed by atoms with Gasteiger partial charge < -0.3 is 14.8 Å². The largest absolute Gasteiger partial charge is 0.478 e. The van der Waals surface area contributed by atoms with Crippen LogP contribution in [0.5, 0.6) is 0 Å². The monoisotopic (exact) mass is 413 g/mol. The summed E-state index contributed by atoms with van der Waals surface area (Å²) in [4.78, 5) is 24.8. The number of nitrogens with one attached hydrogen (secondary N) is 1. The highest BCUT2D eigenvalue weighted by Gasteiger charge is 2.20. The summed E-state index contributed by atoms with van der Waals surface area (Å²) >= 11 is 0. The minimum absolute atomic E-state index is 0.0665. The SMILES string of the molecule is Cc1cc(C(C)Nc2ccccc2C(=O)O)c2oc(-c3ccccc3)c(C)c(=O)c2c1. The molecule has 2 N–H and O–H groups in total.